The topological polar surface area (TPSA) is 75.7 Å². The Morgan fingerprint density at radius 1 is 1.32 bits per heavy atom. The van der Waals surface area contributed by atoms with Crippen LogP contribution in [0, 0.1) is 5.82 Å². The Bertz CT molecular complexity index is 516. The van der Waals surface area contributed by atoms with Crippen molar-refractivity contribution in [1.82, 2.24) is 10.2 Å². The van der Waals surface area contributed by atoms with Crippen molar-refractivity contribution in [2.75, 3.05) is 19.7 Å². The number of nitrogens with zero attached hydrogens (tertiary/aromatic N) is 1. The molecule has 1 fully saturated rings. The molecule has 0 aromatic heterocycles. The van der Waals surface area contributed by atoms with Crippen molar-refractivity contribution in [1.29, 1.82) is 0 Å². The number of nitrogens with one attached hydrogen (secondary N) is 1. The quantitative estimate of drug-likeness (QED) is 0.761. The second kappa shape index (κ2) is 5.47. The highest BCUT2D eigenvalue weighted by molar-refractivity contribution is 6.02. The molecule has 19 heavy (non-hydrogen) atoms. The van der Waals surface area contributed by atoms with Crippen molar-refractivity contribution in [3.63, 3.8) is 0 Å². The van der Waals surface area contributed by atoms with Crippen LogP contribution in [0.15, 0.2) is 24.3 Å². The summed E-state index contributed by atoms with van der Waals surface area (Å²) < 4.78 is 18.0. The lowest BCUT2D eigenvalue weighted by Crippen LogP contribution is -2.54. The summed E-state index contributed by atoms with van der Waals surface area (Å²) in [5.41, 5.74) is 0. The van der Waals surface area contributed by atoms with Gasteiger partial charge in [0.15, 0.2) is 6.61 Å². The third-order valence-electron chi connectivity index (χ3n) is 2.46. The van der Waals surface area contributed by atoms with E-state index in [0.29, 0.717) is 0 Å². The van der Waals surface area contributed by atoms with Crippen LogP contribution in [0.4, 0.5) is 4.39 Å². The van der Waals surface area contributed by atoms with E-state index in [2.05, 4.69) is 5.32 Å². The molecule has 2 rings (SSSR count). The van der Waals surface area contributed by atoms with E-state index in [1.165, 1.54) is 18.2 Å². The minimum atomic E-state index is -0.532. The predicted molar refractivity (Wildman–Crippen MR) is 61.6 cm³/mol. The molecule has 6 nitrogen and oxygen atoms in total. The normalized spacial score (nSPS) is 15.1. The molecule has 0 atom stereocenters. The SMILES string of the molecule is O=C1CN(C(=O)COc2cccc(F)c2)CC(=O)N1. The number of amides is 3. The van der Waals surface area contributed by atoms with Gasteiger partial charge in [0.2, 0.25) is 11.8 Å². The molecule has 3 amide bonds. The Morgan fingerprint density at radius 3 is 2.63 bits per heavy atom. The Kier molecular flexibility index (Phi) is 3.74. The lowest BCUT2D eigenvalue weighted by Gasteiger charge is -2.25. The monoisotopic (exact) mass is 266 g/mol. The van der Waals surface area contributed by atoms with Crippen LogP contribution in [-0.4, -0.2) is 42.3 Å². The minimum absolute atomic E-state index is 0.183. The van der Waals surface area contributed by atoms with Crippen LogP contribution in [0.3, 0.4) is 0 Å². The lowest BCUT2D eigenvalue weighted by molar-refractivity contribution is -0.146. The van der Waals surface area contributed by atoms with Gasteiger partial charge in [-0.2, -0.15) is 0 Å². The second-order valence-electron chi connectivity index (χ2n) is 3.97. The molecule has 1 saturated heterocycles. The smallest absolute Gasteiger partial charge is 0.261 e. The fourth-order valence-corrected chi connectivity index (χ4v) is 1.61. The maximum Gasteiger partial charge on any atom is 0.261 e. The molecule has 0 radical (unpaired) electrons. The van der Waals surface area contributed by atoms with Gasteiger partial charge in [-0.25, -0.2) is 4.39 Å². The number of ether oxygens (including phenoxy) is 1. The van der Waals surface area contributed by atoms with Crippen molar-refractivity contribution < 1.29 is 23.5 Å². The highest BCUT2D eigenvalue weighted by Gasteiger charge is 2.26. The molecule has 1 aromatic carbocycles. The number of rotatable bonds is 3. The van der Waals surface area contributed by atoms with Gasteiger partial charge in [0.05, 0.1) is 0 Å². The number of benzene rings is 1. The third-order valence-corrected chi connectivity index (χ3v) is 2.46. The van der Waals surface area contributed by atoms with Crippen LogP contribution < -0.4 is 10.1 Å². The molecule has 1 N–H and O–H groups in total. The van der Waals surface area contributed by atoms with E-state index in [9.17, 15) is 18.8 Å². The first-order chi connectivity index (χ1) is 9.04. The molecule has 1 aliphatic rings. The number of halogens is 1. The van der Waals surface area contributed by atoms with Gasteiger partial charge in [-0.3, -0.25) is 19.7 Å². The predicted octanol–water partition coefficient (Wildman–Crippen LogP) is -0.310. The molecule has 1 aliphatic heterocycles. The van der Waals surface area contributed by atoms with Gasteiger partial charge in [0, 0.05) is 6.07 Å². The zero-order chi connectivity index (χ0) is 13.8. The fourth-order valence-electron chi connectivity index (χ4n) is 1.61. The first kappa shape index (κ1) is 13.0. The van der Waals surface area contributed by atoms with E-state index in [1.54, 1.807) is 0 Å². The Labute approximate surface area is 108 Å². The molecule has 0 bridgehead atoms. The van der Waals surface area contributed by atoms with E-state index in [0.717, 1.165) is 11.0 Å². The van der Waals surface area contributed by atoms with Crippen LogP contribution in [0.25, 0.3) is 0 Å². The van der Waals surface area contributed by atoms with Crippen molar-refractivity contribution in [2.24, 2.45) is 0 Å². The Hall–Kier alpha value is -2.44. The average molecular weight is 266 g/mol. The summed E-state index contributed by atoms with van der Waals surface area (Å²) in [7, 11) is 0. The highest BCUT2D eigenvalue weighted by Crippen LogP contribution is 2.12. The average Bonchev–Trinajstić information content (AvgIpc) is 2.35. The zero-order valence-corrected chi connectivity index (χ0v) is 9.89. The summed E-state index contributed by atoms with van der Waals surface area (Å²) in [6.45, 7) is -0.724. The molecular formula is C12H11FN2O4. The van der Waals surface area contributed by atoms with Gasteiger partial charge in [-0.05, 0) is 12.1 Å². The largest absolute Gasteiger partial charge is 0.484 e. The van der Waals surface area contributed by atoms with Crippen LogP contribution >= 0.6 is 0 Å². The van der Waals surface area contributed by atoms with Crippen molar-refractivity contribution in [3.05, 3.63) is 30.1 Å². The number of carbonyl (C=O) groups excluding carboxylic acids is 3. The first-order valence-electron chi connectivity index (χ1n) is 5.53. The maximum absolute atomic E-state index is 12.9. The van der Waals surface area contributed by atoms with Gasteiger partial charge in [0.25, 0.3) is 5.91 Å². The molecule has 100 valence electrons. The number of imide groups is 1. The highest BCUT2D eigenvalue weighted by atomic mass is 19.1. The van der Waals surface area contributed by atoms with E-state index >= 15 is 0 Å². The number of hydrogen-bond acceptors (Lipinski definition) is 4. The summed E-state index contributed by atoms with van der Waals surface area (Å²) in [6, 6.07) is 5.35. The Balaban J connectivity index is 1.90. The fraction of sp³-hybridized carbons (Fsp3) is 0.250. The maximum atomic E-state index is 12.9. The second-order valence-corrected chi connectivity index (χ2v) is 3.97. The van der Waals surface area contributed by atoms with Crippen LogP contribution in [-0.2, 0) is 14.4 Å². The van der Waals surface area contributed by atoms with Gasteiger partial charge in [0.1, 0.15) is 24.7 Å². The van der Waals surface area contributed by atoms with Crippen molar-refractivity contribution >= 4 is 17.7 Å². The zero-order valence-electron chi connectivity index (χ0n) is 9.89. The molecule has 0 spiro atoms. The van der Waals surface area contributed by atoms with E-state index in [-0.39, 0.29) is 25.4 Å². The molecule has 0 saturated carbocycles. The van der Waals surface area contributed by atoms with Crippen molar-refractivity contribution in [3.8, 4) is 5.75 Å². The first-order valence-corrected chi connectivity index (χ1v) is 5.53. The van der Waals surface area contributed by atoms with E-state index in [1.807, 2.05) is 0 Å². The summed E-state index contributed by atoms with van der Waals surface area (Å²) in [5.74, 6) is -1.84. The number of piperazine rings is 1. The van der Waals surface area contributed by atoms with Gasteiger partial charge in [-0.1, -0.05) is 6.07 Å². The molecule has 1 aromatic rings. The van der Waals surface area contributed by atoms with E-state index < -0.39 is 23.5 Å². The standard InChI is InChI=1S/C12H11FN2O4/c13-8-2-1-3-9(4-8)19-7-12(18)15-5-10(16)14-11(17)6-15/h1-4H,5-7H2,(H,14,16,17). The molecule has 7 heteroatoms. The molecule has 1 heterocycles. The summed E-state index contributed by atoms with van der Waals surface area (Å²) in [5, 5.41) is 2.08. The van der Waals surface area contributed by atoms with Gasteiger partial charge >= 0.3 is 0 Å². The summed E-state index contributed by atoms with van der Waals surface area (Å²) in [6.07, 6.45) is 0. The number of hydrogen-bond donors (Lipinski definition) is 1. The van der Waals surface area contributed by atoms with Gasteiger partial charge in [-0.15, -0.1) is 0 Å². The van der Waals surface area contributed by atoms with Crippen molar-refractivity contribution in [2.45, 2.75) is 0 Å². The summed E-state index contributed by atoms with van der Waals surface area (Å²) >= 11 is 0. The molecule has 0 unspecified atom stereocenters. The van der Waals surface area contributed by atoms with Crippen LogP contribution in [0.1, 0.15) is 0 Å². The lowest BCUT2D eigenvalue weighted by atomic mass is 10.3. The van der Waals surface area contributed by atoms with Gasteiger partial charge < -0.3 is 9.64 Å². The molecular weight excluding hydrogens is 255 g/mol. The minimum Gasteiger partial charge on any atom is -0.484 e. The van der Waals surface area contributed by atoms with Crippen LogP contribution in [0.5, 0.6) is 5.75 Å². The number of carbonyl (C=O) groups is 3. The Morgan fingerprint density at radius 2 is 2.00 bits per heavy atom. The molecule has 0 aliphatic carbocycles. The van der Waals surface area contributed by atoms with Crippen LogP contribution in [0.2, 0.25) is 0 Å². The summed E-state index contributed by atoms with van der Waals surface area (Å²) in [4.78, 5) is 35.0. The van der Waals surface area contributed by atoms with E-state index in [4.69, 9.17) is 4.74 Å². The third kappa shape index (κ3) is 3.51.